The molecule has 0 fully saturated rings. The Morgan fingerprint density at radius 2 is 1.43 bits per heavy atom. The van der Waals surface area contributed by atoms with E-state index in [2.05, 4.69) is 126 Å². The highest BCUT2D eigenvalue weighted by Crippen LogP contribution is 2.37. The van der Waals surface area contributed by atoms with Crippen molar-refractivity contribution < 1.29 is 0 Å². The van der Waals surface area contributed by atoms with Crippen LogP contribution in [-0.4, -0.2) is 0 Å². The molecule has 0 saturated carbocycles. The fraction of sp³-hybridized carbons (Fsp3) is 0.289. The lowest BCUT2D eigenvalue weighted by Gasteiger charge is -2.27. The summed E-state index contributed by atoms with van der Waals surface area (Å²) in [6, 6.07) is 30.9. The average Bonchev–Trinajstić information content (AvgIpc) is 2.97. The molecule has 0 atom stereocenters. The van der Waals surface area contributed by atoms with Crippen molar-refractivity contribution in [2.24, 2.45) is 5.92 Å². The summed E-state index contributed by atoms with van der Waals surface area (Å²) in [5.41, 5.74) is 9.73. The molecule has 0 spiro atoms. The first-order valence-corrected chi connectivity index (χ1v) is 14.6. The molecule has 0 heterocycles. The molecule has 0 aromatic heterocycles. The number of hydrogen-bond donors (Lipinski definition) is 0. The summed E-state index contributed by atoms with van der Waals surface area (Å²) in [4.78, 5) is 2.39. The minimum absolute atomic E-state index is 0.447. The van der Waals surface area contributed by atoms with Gasteiger partial charge in [0.2, 0.25) is 0 Å². The van der Waals surface area contributed by atoms with Crippen LogP contribution >= 0.6 is 0 Å². The maximum Gasteiger partial charge on any atom is 0.0991 e. The van der Waals surface area contributed by atoms with Gasteiger partial charge in [0.1, 0.15) is 0 Å². The van der Waals surface area contributed by atoms with Crippen LogP contribution in [0.4, 0.5) is 11.4 Å². The first kappa shape index (κ1) is 27.5. The Morgan fingerprint density at radius 3 is 2.00 bits per heavy atom. The Kier molecular flexibility index (Phi) is 7.68. The number of anilines is 2. The third-order valence-electron chi connectivity index (χ3n) is 8.56. The van der Waals surface area contributed by atoms with Gasteiger partial charge in [-0.1, -0.05) is 82.7 Å². The first-order valence-electron chi connectivity index (χ1n) is 14.6. The predicted molar refractivity (Wildman–Crippen MR) is 172 cm³/mol. The molecule has 0 bridgehead atoms. The number of aryl methyl sites for hydroxylation is 2. The monoisotopic (exact) mass is 524 g/mol. The maximum atomic E-state index is 9.41. The molecule has 2 nitrogen and oxygen atoms in total. The van der Waals surface area contributed by atoms with Gasteiger partial charge in [-0.3, -0.25) is 0 Å². The SMILES string of the molecule is CCc1ccc(N(Cc2ccc3c(C(C)C)cc(C)c4cc/c(=C(/C)C(C)C)c2c43)c2ccc(C#N)cc2)cc1. The molecule has 40 heavy (non-hydrogen) atoms. The van der Waals surface area contributed by atoms with Crippen LogP contribution in [0.5, 0.6) is 0 Å². The van der Waals surface area contributed by atoms with Crippen LogP contribution in [0.15, 0.2) is 78.9 Å². The molecule has 0 unspecified atom stereocenters. The fourth-order valence-corrected chi connectivity index (χ4v) is 5.90. The summed E-state index contributed by atoms with van der Waals surface area (Å²) in [6.07, 6.45) is 1.02. The van der Waals surface area contributed by atoms with Crippen LogP contribution in [0.25, 0.3) is 27.1 Å². The van der Waals surface area contributed by atoms with Crippen molar-refractivity contribution in [3.05, 3.63) is 112 Å². The first-order chi connectivity index (χ1) is 19.2. The summed E-state index contributed by atoms with van der Waals surface area (Å²) in [5.74, 6) is 0.901. The van der Waals surface area contributed by atoms with Gasteiger partial charge in [-0.25, -0.2) is 0 Å². The largest absolute Gasteiger partial charge is 0.337 e. The van der Waals surface area contributed by atoms with Crippen LogP contribution in [0.1, 0.15) is 75.3 Å². The van der Waals surface area contributed by atoms with E-state index in [0.717, 1.165) is 24.3 Å². The summed E-state index contributed by atoms with van der Waals surface area (Å²) in [7, 11) is 0. The van der Waals surface area contributed by atoms with Crippen LogP contribution < -0.4 is 10.1 Å². The van der Waals surface area contributed by atoms with E-state index in [1.165, 1.54) is 54.6 Å². The molecule has 0 aliphatic carbocycles. The van der Waals surface area contributed by atoms with Crippen molar-refractivity contribution >= 4 is 38.5 Å². The zero-order chi connectivity index (χ0) is 28.6. The highest BCUT2D eigenvalue weighted by atomic mass is 15.1. The van der Waals surface area contributed by atoms with E-state index in [-0.39, 0.29) is 0 Å². The maximum absolute atomic E-state index is 9.41. The highest BCUT2D eigenvalue weighted by Gasteiger charge is 2.19. The minimum atomic E-state index is 0.447. The molecular formula is C38H40N2. The Hall–Kier alpha value is -4.09. The van der Waals surface area contributed by atoms with E-state index >= 15 is 0 Å². The zero-order valence-corrected chi connectivity index (χ0v) is 25.0. The van der Waals surface area contributed by atoms with Gasteiger partial charge in [-0.05, 0) is 118 Å². The lowest BCUT2D eigenvalue weighted by Crippen LogP contribution is -2.19. The number of nitriles is 1. The van der Waals surface area contributed by atoms with Crippen molar-refractivity contribution in [1.29, 1.82) is 5.26 Å². The second kappa shape index (κ2) is 11.2. The van der Waals surface area contributed by atoms with E-state index in [1.54, 1.807) is 0 Å². The molecular weight excluding hydrogens is 484 g/mol. The van der Waals surface area contributed by atoms with Crippen LogP contribution in [0.2, 0.25) is 0 Å². The van der Waals surface area contributed by atoms with Crippen molar-refractivity contribution in [2.45, 2.75) is 67.3 Å². The quantitative estimate of drug-likeness (QED) is 0.212. The molecule has 5 aromatic carbocycles. The number of benzene rings is 5. The van der Waals surface area contributed by atoms with E-state index in [1.807, 2.05) is 12.1 Å². The molecule has 5 aromatic rings. The summed E-state index contributed by atoms with van der Waals surface area (Å²) < 4.78 is 0. The van der Waals surface area contributed by atoms with Gasteiger partial charge < -0.3 is 4.90 Å². The summed E-state index contributed by atoms with van der Waals surface area (Å²) in [6.45, 7) is 16.6. The Morgan fingerprint density at radius 1 is 0.800 bits per heavy atom. The van der Waals surface area contributed by atoms with E-state index in [9.17, 15) is 5.26 Å². The standard InChI is InChI=1S/C38H40N2/c1-8-28-9-14-31(15-10-28)40(32-16-11-29(22-39)12-17-32)23-30-13-18-35-36(25(4)5)21-26(6)33-19-20-34(27(7)24(2)3)37(30)38(33)35/h9-21,24-25H,8,23H2,1-7H3/b34-27+. The van der Waals surface area contributed by atoms with Crippen LogP contribution in [0.3, 0.4) is 0 Å². The third kappa shape index (κ3) is 4.98. The molecule has 0 aliphatic rings. The van der Waals surface area contributed by atoms with Crippen molar-refractivity contribution in [3.63, 3.8) is 0 Å². The molecule has 202 valence electrons. The fourth-order valence-electron chi connectivity index (χ4n) is 5.90. The topological polar surface area (TPSA) is 27.0 Å². The van der Waals surface area contributed by atoms with Gasteiger partial charge in [0, 0.05) is 17.9 Å². The molecule has 0 saturated heterocycles. The van der Waals surface area contributed by atoms with Gasteiger partial charge in [-0.2, -0.15) is 5.26 Å². The van der Waals surface area contributed by atoms with Crippen molar-refractivity contribution in [3.8, 4) is 6.07 Å². The lowest BCUT2D eigenvalue weighted by molar-refractivity contribution is 0.842. The van der Waals surface area contributed by atoms with Crippen molar-refractivity contribution in [2.75, 3.05) is 4.90 Å². The van der Waals surface area contributed by atoms with Crippen LogP contribution in [0, 0.1) is 24.2 Å². The molecule has 2 heteroatoms. The molecule has 5 rings (SSSR count). The highest BCUT2D eigenvalue weighted by molar-refractivity contribution is 6.14. The van der Waals surface area contributed by atoms with Crippen molar-refractivity contribution in [1.82, 2.24) is 0 Å². The Balaban J connectivity index is 1.82. The normalized spacial score (nSPS) is 12.4. The summed E-state index contributed by atoms with van der Waals surface area (Å²) in [5, 5.41) is 16.2. The van der Waals surface area contributed by atoms with Gasteiger partial charge >= 0.3 is 0 Å². The molecule has 0 amide bonds. The Labute approximate surface area is 239 Å². The number of nitrogens with zero attached hydrogens (tertiary/aromatic N) is 2. The molecule has 0 radical (unpaired) electrons. The van der Waals surface area contributed by atoms with Gasteiger partial charge in [0.15, 0.2) is 0 Å². The predicted octanol–water partition coefficient (Wildman–Crippen LogP) is 9.74. The van der Waals surface area contributed by atoms with E-state index in [0.29, 0.717) is 17.4 Å². The summed E-state index contributed by atoms with van der Waals surface area (Å²) >= 11 is 0. The number of hydrogen-bond acceptors (Lipinski definition) is 2. The van der Waals surface area contributed by atoms with Gasteiger partial charge in [0.25, 0.3) is 0 Å². The van der Waals surface area contributed by atoms with E-state index < -0.39 is 0 Å². The van der Waals surface area contributed by atoms with E-state index in [4.69, 9.17) is 0 Å². The average molecular weight is 525 g/mol. The van der Waals surface area contributed by atoms with Crippen LogP contribution in [-0.2, 0) is 13.0 Å². The van der Waals surface area contributed by atoms with Gasteiger partial charge in [-0.15, -0.1) is 0 Å². The zero-order valence-electron chi connectivity index (χ0n) is 25.0. The molecule has 0 aliphatic heterocycles. The number of rotatable bonds is 7. The van der Waals surface area contributed by atoms with Gasteiger partial charge in [0.05, 0.1) is 11.6 Å². The molecule has 0 N–H and O–H groups in total. The minimum Gasteiger partial charge on any atom is -0.337 e. The third-order valence-corrected chi connectivity index (χ3v) is 8.56. The Bertz CT molecular complexity index is 1770. The second-order valence-corrected chi connectivity index (χ2v) is 11.7. The second-order valence-electron chi connectivity index (χ2n) is 11.7. The lowest BCUT2D eigenvalue weighted by atomic mass is 9.85. The smallest absolute Gasteiger partial charge is 0.0991 e.